The summed E-state index contributed by atoms with van der Waals surface area (Å²) in [6.45, 7) is 8.06. The summed E-state index contributed by atoms with van der Waals surface area (Å²) in [6.07, 6.45) is 1.42. The van der Waals surface area contributed by atoms with Gasteiger partial charge in [0.2, 0.25) is 0 Å². The monoisotopic (exact) mass is 330 g/mol. The molecule has 0 spiro atoms. The highest BCUT2D eigenvalue weighted by molar-refractivity contribution is 5.89. The number of aromatic nitrogens is 4. The Labute approximate surface area is 140 Å². The van der Waals surface area contributed by atoms with Crippen molar-refractivity contribution in [3.63, 3.8) is 0 Å². The van der Waals surface area contributed by atoms with Crippen LogP contribution in [0.3, 0.4) is 0 Å². The van der Waals surface area contributed by atoms with Gasteiger partial charge >= 0.3 is 6.03 Å². The first kappa shape index (κ1) is 16.4. The number of carbonyl (C=O) groups is 1. The Morgan fingerprint density at radius 3 is 3.00 bits per heavy atom. The van der Waals surface area contributed by atoms with Crippen molar-refractivity contribution in [1.82, 2.24) is 24.6 Å². The van der Waals surface area contributed by atoms with E-state index in [1.807, 2.05) is 37.5 Å². The van der Waals surface area contributed by atoms with Crippen LogP contribution in [0.15, 0.2) is 18.5 Å². The second-order valence-corrected chi connectivity index (χ2v) is 5.80. The number of anilines is 1. The summed E-state index contributed by atoms with van der Waals surface area (Å²) < 4.78 is 7.71. The van der Waals surface area contributed by atoms with Crippen molar-refractivity contribution in [1.29, 1.82) is 0 Å². The van der Waals surface area contributed by atoms with Crippen LogP contribution in [0.5, 0.6) is 0 Å². The topological polar surface area (TPSA) is 85.2 Å². The summed E-state index contributed by atoms with van der Waals surface area (Å²) >= 11 is 0. The molecule has 8 nitrogen and oxygen atoms in total. The average Bonchev–Trinajstić information content (AvgIpc) is 3.06. The largest absolute Gasteiger partial charge is 0.366 e. The number of pyridine rings is 1. The number of rotatable bonds is 3. The van der Waals surface area contributed by atoms with Crippen molar-refractivity contribution in [3.05, 3.63) is 35.7 Å². The molecule has 0 aliphatic carbocycles. The van der Waals surface area contributed by atoms with E-state index in [0.29, 0.717) is 19.7 Å². The summed E-state index contributed by atoms with van der Waals surface area (Å²) in [7, 11) is 0. The lowest BCUT2D eigenvalue weighted by molar-refractivity contribution is -0.0199. The summed E-state index contributed by atoms with van der Waals surface area (Å²) in [4.78, 5) is 18.7. The second kappa shape index (κ2) is 6.96. The molecule has 0 saturated carbocycles. The summed E-state index contributed by atoms with van der Waals surface area (Å²) in [5.41, 5.74) is 2.46. The van der Waals surface area contributed by atoms with Crippen LogP contribution in [0.2, 0.25) is 0 Å². The Morgan fingerprint density at radius 1 is 1.42 bits per heavy atom. The van der Waals surface area contributed by atoms with Crippen LogP contribution in [-0.4, -0.2) is 50.4 Å². The number of aryl methyl sites for hydroxylation is 3. The van der Waals surface area contributed by atoms with Gasteiger partial charge in [-0.1, -0.05) is 0 Å². The molecule has 1 aliphatic heterocycles. The molecule has 0 aromatic carbocycles. The molecule has 1 unspecified atom stereocenters. The minimum absolute atomic E-state index is 0.153. The van der Waals surface area contributed by atoms with Gasteiger partial charge in [0.05, 0.1) is 24.5 Å². The molecule has 1 aliphatic rings. The number of urea groups is 1. The third-order valence-electron chi connectivity index (χ3n) is 4.09. The minimum atomic E-state index is -0.260. The normalized spacial score (nSPS) is 17.8. The van der Waals surface area contributed by atoms with Crippen molar-refractivity contribution in [2.75, 3.05) is 25.0 Å². The van der Waals surface area contributed by atoms with Crippen LogP contribution in [0, 0.1) is 13.8 Å². The van der Waals surface area contributed by atoms with Gasteiger partial charge in [0.1, 0.15) is 12.4 Å². The first-order valence-corrected chi connectivity index (χ1v) is 8.08. The average molecular weight is 330 g/mol. The highest BCUT2D eigenvalue weighted by Crippen LogP contribution is 2.21. The molecule has 2 aromatic heterocycles. The molecule has 0 radical (unpaired) electrons. The van der Waals surface area contributed by atoms with Gasteiger partial charge in [0.25, 0.3) is 0 Å². The van der Waals surface area contributed by atoms with Gasteiger partial charge in [-0.3, -0.25) is 4.98 Å². The van der Waals surface area contributed by atoms with Gasteiger partial charge in [0.15, 0.2) is 5.82 Å². The Bertz CT molecular complexity index is 729. The lowest BCUT2D eigenvalue weighted by atomic mass is 10.2. The van der Waals surface area contributed by atoms with Crippen LogP contribution >= 0.6 is 0 Å². The van der Waals surface area contributed by atoms with Gasteiger partial charge in [-0.25, -0.2) is 4.79 Å². The molecule has 1 atom stereocenters. The van der Waals surface area contributed by atoms with Gasteiger partial charge in [0, 0.05) is 18.8 Å². The lowest BCUT2D eigenvalue weighted by Gasteiger charge is -2.32. The molecule has 1 N–H and O–H groups in total. The summed E-state index contributed by atoms with van der Waals surface area (Å²) in [5, 5.41) is 11.0. The lowest BCUT2D eigenvalue weighted by Crippen LogP contribution is -2.45. The van der Waals surface area contributed by atoms with Crippen LogP contribution in [0.25, 0.3) is 0 Å². The van der Waals surface area contributed by atoms with Crippen LogP contribution in [0.4, 0.5) is 10.5 Å². The van der Waals surface area contributed by atoms with Gasteiger partial charge in [-0.15, -0.1) is 10.2 Å². The van der Waals surface area contributed by atoms with Crippen molar-refractivity contribution < 1.29 is 9.53 Å². The molecule has 3 rings (SSSR count). The Balaban J connectivity index is 1.69. The number of carbonyl (C=O) groups excluding carboxylic acids is 1. The number of morpholine rings is 1. The Morgan fingerprint density at radius 2 is 2.25 bits per heavy atom. The zero-order valence-corrected chi connectivity index (χ0v) is 14.2. The maximum absolute atomic E-state index is 12.6. The second-order valence-electron chi connectivity index (χ2n) is 5.80. The highest BCUT2D eigenvalue weighted by Gasteiger charge is 2.28. The van der Waals surface area contributed by atoms with Gasteiger partial charge < -0.3 is 19.5 Å². The predicted octanol–water partition coefficient (Wildman–Crippen LogP) is 1.92. The van der Waals surface area contributed by atoms with Crippen LogP contribution < -0.4 is 5.32 Å². The number of nitrogens with one attached hydrogen (secondary N) is 1. The van der Waals surface area contributed by atoms with Crippen LogP contribution in [0.1, 0.15) is 30.2 Å². The fourth-order valence-electron chi connectivity index (χ4n) is 2.76. The third-order valence-corrected chi connectivity index (χ3v) is 4.09. The van der Waals surface area contributed by atoms with E-state index in [1.165, 1.54) is 0 Å². The van der Waals surface area contributed by atoms with E-state index in [4.69, 9.17) is 4.74 Å². The number of nitrogens with zero attached hydrogens (tertiary/aromatic N) is 5. The zero-order valence-electron chi connectivity index (χ0n) is 14.2. The first-order valence-electron chi connectivity index (χ1n) is 8.08. The van der Waals surface area contributed by atoms with Crippen molar-refractivity contribution in [3.8, 4) is 0 Å². The molecule has 0 bridgehead atoms. The van der Waals surface area contributed by atoms with Crippen molar-refractivity contribution >= 4 is 11.7 Å². The fraction of sp³-hybridized carbons (Fsp3) is 0.500. The smallest absolute Gasteiger partial charge is 0.322 e. The number of hydrogen-bond donors (Lipinski definition) is 1. The minimum Gasteiger partial charge on any atom is -0.366 e. The first-order chi connectivity index (χ1) is 11.6. The quantitative estimate of drug-likeness (QED) is 0.929. The zero-order chi connectivity index (χ0) is 17.1. The third kappa shape index (κ3) is 3.38. The Hall–Kier alpha value is -2.48. The molecular formula is C16H22N6O2. The van der Waals surface area contributed by atoms with Crippen molar-refractivity contribution in [2.45, 2.75) is 33.4 Å². The number of hydrogen-bond acceptors (Lipinski definition) is 5. The molecule has 8 heteroatoms. The predicted molar refractivity (Wildman–Crippen MR) is 88.7 cm³/mol. The molecule has 24 heavy (non-hydrogen) atoms. The SMILES string of the molecule is CCn1cnnc1C1CN(C(=O)Nc2ccc(C)nc2C)CCO1. The fourth-order valence-corrected chi connectivity index (χ4v) is 2.76. The summed E-state index contributed by atoms with van der Waals surface area (Å²) in [5.74, 6) is 0.753. The molecule has 1 fully saturated rings. The van der Waals surface area contributed by atoms with E-state index in [-0.39, 0.29) is 12.1 Å². The van der Waals surface area contributed by atoms with E-state index < -0.39 is 0 Å². The molecule has 2 aromatic rings. The molecule has 1 saturated heterocycles. The van der Waals surface area contributed by atoms with E-state index in [2.05, 4.69) is 20.5 Å². The van der Waals surface area contributed by atoms with Gasteiger partial charge in [-0.05, 0) is 32.9 Å². The molecule has 3 heterocycles. The molecule has 128 valence electrons. The molecule has 2 amide bonds. The Kier molecular flexibility index (Phi) is 4.75. The maximum atomic E-state index is 12.6. The van der Waals surface area contributed by atoms with Gasteiger partial charge in [-0.2, -0.15) is 0 Å². The van der Waals surface area contributed by atoms with E-state index in [0.717, 1.165) is 29.4 Å². The van der Waals surface area contributed by atoms with Crippen LogP contribution in [-0.2, 0) is 11.3 Å². The van der Waals surface area contributed by atoms with E-state index >= 15 is 0 Å². The molecular weight excluding hydrogens is 308 g/mol. The standard InChI is InChI=1S/C16H22N6O2/c1-4-21-10-17-20-15(21)14-9-22(7-8-24-14)16(23)19-13-6-5-11(2)18-12(13)3/h5-6,10,14H,4,7-9H2,1-3H3,(H,19,23). The number of amides is 2. The summed E-state index contributed by atoms with van der Waals surface area (Å²) in [6, 6.07) is 3.61. The highest BCUT2D eigenvalue weighted by atomic mass is 16.5. The van der Waals surface area contributed by atoms with E-state index in [9.17, 15) is 4.79 Å². The van der Waals surface area contributed by atoms with Crippen molar-refractivity contribution in [2.24, 2.45) is 0 Å². The maximum Gasteiger partial charge on any atom is 0.322 e. The number of ether oxygens (including phenoxy) is 1. The van der Waals surface area contributed by atoms with E-state index in [1.54, 1.807) is 11.2 Å².